The molecule has 0 fully saturated rings. The molecule has 4 nitrogen and oxygen atoms in total. The Morgan fingerprint density at radius 2 is 2.38 bits per heavy atom. The first-order chi connectivity index (χ1) is 7.74. The number of rotatable bonds is 6. The molecule has 4 heteroatoms. The van der Waals surface area contributed by atoms with Crippen molar-refractivity contribution in [2.24, 2.45) is 5.73 Å². The van der Waals surface area contributed by atoms with Gasteiger partial charge in [-0.25, -0.2) is 0 Å². The van der Waals surface area contributed by atoms with Gasteiger partial charge in [0.05, 0.1) is 6.04 Å². The van der Waals surface area contributed by atoms with Crippen LogP contribution in [0.25, 0.3) is 0 Å². The van der Waals surface area contributed by atoms with Crippen molar-refractivity contribution in [3.8, 4) is 0 Å². The second-order valence-electron chi connectivity index (χ2n) is 3.76. The smallest absolute Gasteiger partial charge is 0.236 e. The summed E-state index contributed by atoms with van der Waals surface area (Å²) in [6.07, 6.45) is 4.15. The number of nitrogens with zero attached hydrogens (tertiary/aromatic N) is 1. The summed E-state index contributed by atoms with van der Waals surface area (Å²) >= 11 is 0. The van der Waals surface area contributed by atoms with E-state index < -0.39 is 0 Å². The maximum atomic E-state index is 11.5. The summed E-state index contributed by atoms with van der Waals surface area (Å²) in [6.45, 7) is 2.61. The van der Waals surface area contributed by atoms with Crippen LogP contribution in [0.3, 0.4) is 0 Å². The van der Waals surface area contributed by atoms with E-state index >= 15 is 0 Å². The summed E-state index contributed by atoms with van der Waals surface area (Å²) in [7, 11) is 0. The lowest BCUT2D eigenvalue weighted by molar-refractivity contribution is -0.122. The fraction of sp³-hybridized carbons (Fsp3) is 0.500. The molecule has 1 unspecified atom stereocenters. The zero-order chi connectivity index (χ0) is 11.8. The highest BCUT2D eigenvalue weighted by Gasteiger charge is 2.10. The molecule has 0 spiro atoms. The number of aromatic nitrogens is 1. The van der Waals surface area contributed by atoms with Crippen LogP contribution < -0.4 is 11.1 Å². The highest BCUT2D eigenvalue weighted by molar-refractivity contribution is 5.81. The lowest BCUT2D eigenvalue weighted by Crippen LogP contribution is -2.41. The Morgan fingerprint density at radius 3 is 3.00 bits per heavy atom. The number of amides is 1. The van der Waals surface area contributed by atoms with Crippen molar-refractivity contribution in [1.29, 1.82) is 0 Å². The van der Waals surface area contributed by atoms with Crippen LogP contribution in [0.4, 0.5) is 0 Å². The normalized spacial score (nSPS) is 12.1. The van der Waals surface area contributed by atoms with Gasteiger partial charge in [-0.3, -0.25) is 9.78 Å². The Bertz CT molecular complexity index is 313. The monoisotopic (exact) mass is 221 g/mol. The first-order valence-corrected chi connectivity index (χ1v) is 5.67. The first-order valence-electron chi connectivity index (χ1n) is 5.67. The number of hydrogen-bond donors (Lipinski definition) is 2. The zero-order valence-corrected chi connectivity index (χ0v) is 9.65. The molecule has 3 N–H and O–H groups in total. The third kappa shape index (κ3) is 4.40. The molecular weight excluding hydrogens is 202 g/mol. The average Bonchev–Trinajstić information content (AvgIpc) is 2.30. The predicted octanol–water partition coefficient (Wildman–Crippen LogP) is 0.868. The molecule has 0 aliphatic rings. The minimum atomic E-state index is -0.381. The Kier molecular flexibility index (Phi) is 5.50. The van der Waals surface area contributed by atoms with E-state index in [-0.39, 0.29) is 11.9 Å². The fourth-order valence-electron chi connectivity index (χ4n) is 1.43. The molecule has 1 aromatic rings. The Hall–Kier alpha value is -1.42. The maximum Gasteiger partial charge on any atom is 0.236 e. The van der Waals surface area contributed by atoms with Crippen LogP contribution in [-0.2, 0) is 11.2 Å². The molecule has 1 rings (SSSR count). The van der Waals surface area contributed by atoms with E-state index in [1.54, 1.807) is 6.20 Å². The standard InChI is InChI=1S/C12H19N3O/c1-2-5-11(13)12(16)15-9-7-10-6-3-4-8-14-10/h3-4,6,8,11H,2,5,7,9,13H2,1H3,(H,15,16). The topological polar surface area (TPSA) is 68.0 Å². The van der Waals surface area contributed by atoms with E-state index in [0.29, 0.717) is 6.54 Å². The van der Waals surface area contributed by atoms with Crippen LogP contribution in [-0.4, -0.2) is 23.5 Å². The van der Waals surface area contributed by atoms with Gasteiger partial charge in [-0.1, -0.05) is 19.4 Å². The third-order valence-corrected chi connectivity index (χ3v) is 2.34. The number of nitrogens with two attached hydrogens (primary N) is 1. The molecule has 0 aliphatic carbocycles. The molecule has 1 atom stereocenters. The second kappa shape index (κ2) is 6.95. The van der Waals surface area contributed by atoms with Crippen molar-refractivity contribution in [3.05, 3.63) is 30.1 Å². The first kappa shape index (κ1) is 12.6. The summed E-state index contributed by atoms with van der Waals surface area (Å²) in [6, 6.07) is 5.37. The molecular formula is C12H19N3O. The summed E-state index contributed by atoms with van der Waals surface area (Å²) in [5, 5.41) is 2.81. The van der Waals surface area contributed by atoms with Gasteiger partial charge in [0.15, 0.2) is 0 Å². The van der Waals surface area contributed by atoms with Crippen LogP contribution in [0.5, 0.6) is 0 Å². The van der Waals surface area contributed by atoms with Gasteiger partial charge in [-0.2, -0.15) is 0 Å². The Morgan fingerprint density at radius 1 is 1.56 bits per heavy atom. The average molecular weight is 221 g/mol. The van der Waals surface area contributed by atoms with Crippen LogP contribution in [0.1, 0.15) is 25.5 Å². The summed E-state index contributed by atoms with van der Waals surface area (Å²) in [4.78, 5) is 15.6. The van der Waals surface area contributed by atoms with Gasteiger partial charge in [-0.15, -0.1) is 0 Å². The molecule has 0 radical (unpaired) electrons. The number of nitrogens with one attached hydrogen (secondary N) is 1. The second-order valence-corrected chi connectivity index (χ2v) is 3.76. The van der Waals surface area contributed by atoms with E-state index in [2.05, 4.69) is 10.3 Å². The summed E-state index contributed by atoms with van der Waals surface area (Å²) in [5.74, 6) is -0.0715. The number of pyridine rings is 1. The van der Waals surface area contributed by atoms with Gasteiger partial charge in [0.1, 0.15) is 0 Å². The molecule has 1 heterocycles. The zero-order valence-electron chi connectivity index (χ0n) is 9.65. The van der Waals surface area contributed by atoms with E-state index in [0.717, 1.165) is 25.0 Å². The van der Waals surface area contributed by atoms with E-state index in [1.807, 2.05) is 25.1 Å². The van der Waals surface area contributed by atoms with E-state index in [1.165, 1.54) is 0 Å². The molecule has 0 aliphatic heterocycles. The molecule has 1 aromatic heterocycles. The van der Waals surface area contributed by atoms with Gasteiger partial charge in [0, 0.05) is 24.9 Å². The van der Waals surface area contributed by atoms with Crippen molar-refractivity contribution < 1.29 is 4.79 Å². The van der Waals surface area contributed by atoms with Crippen LogP contribution in [0, 0.1) is 0 Å². The third-order valence-electron chi connectivity index (χ3n) is 2.34. The molecule has 88 valence electrons. The summed E-state index contributed by atoms with van der Waals surface area (Å²) in [5.41, 5.74) is 6.66. The molecule has 1 amide bonds. The minimum Gasteiger partial charge on any atom is -0.354 e. The largest absolute Gasteiger partial charge is 0.354 e. The fourth-order valence-corrected chi connectivity index (χ4v) is 1.43. The van der Waals surface area contributed by atoms with Crippen LogP contribution in [0.15, 0.2) is 24.4 Å². The number of carbonyl (C=O) groups excluding carboxylic acids is 1. The lowest BCUT2D eigenvalue weighted by Gasteiger charge is -2.10. The summed E-state index contributed by atoms with van der Waals surface area (Å²) < 4.78 is 0. The van der Waals surface area contributed by atoms with E-state index in [4.69, 9.17) is 5.73 Å². The minimum absolute atomic E-state index is 0.0715. The van der Waals surface area contributed by atoms with Crippen molar-refractivity contribution >= 4 is 5.91 Å². The van der Waals surface area contributed by atoms with Gasteiger partial charge in [-0.05, 0) is 18.6 Å². The molecule has 0 saturated heterocycles. The maximum absolute atomic E-state index is 11.5. The molecule has 16 heavy (non-hydrogen) atoms. The Balaban J connectivity index is 2.23. The van der Waals surface area contributed by atoms with Crippen molar-refractivity contribution in [1.82, 2.24) is 10.3 Å². The van der Waals surface area contributed by atoms with Crippen LogP contribution >= 0.6 is 0 Å². The Labute approximate surface area is 96.3 Å². The highest BCUT2D eigenvalue weighted by atomic mass is 16.2. The predicted molar refractivity (Wildman–Crippen MR) is 63.8 cm³/mol. The molecule has 0 aromatic carbocycles. The van der Waals surface area contributed by atoms with Gasteiger partial charge in [0.25, 0.3) is 0 Å². The van der Waals surface area contributed by atoms with Crippen LogP contribution in [0.2, 0.25) is 0 Å². The quantitative estimate of drug-likeness (QED) is 0.749. The highest BCUT2D eigenvalue weighted by Crippen LogP contribution is 1.95. The van der Waals surface area contributed by atoms with Gasteiger partial charge in [0.2, 0.25) is 5.91 Å². The lowest BCUT2D eigenvalue weighted by atomic mass is 10.1. The van der Waals surface area contributed by atoms with Crippen molar-refractivity contribution in [2.45, 2.75) is 32.2 Å². The van der Waals surface area contributed by atoms with Gasteiger partial charge < -0.3 is 11.1 Å². The number of hydrogen-bond acceptors (Lipinski definition) is 3. The van der Waals surface area contributed by atoms with Crippen molar-refractivity contribution in [3.63, 3.8) is 0 Å². The van der Waals surface area contributed by atoms with E-state index in [9.17, 15) is 4.79 Å². The molecule has 0 saturated carbocycles. The number of carbonyl (C=O) groups is 1. The SMILES string of the molecule is CCCC(N)C(=O)NCCc1ccccn1. The van der Waals surface area contributed by atoms with Crippen molar-refractivity contribution in [2.75, 3.05) is 6.54 Å². The molecule has 0 bridgehead atoms. The van der Waals surface area contributed by atoms with Gasteiger partial charge >= 0.3 is 0 Å².